The third-order valence-electron chi connectivity index (χ3n) is 3.69. The van der Waals surface area contributed by atoms with Gasteiger partial charge in [0.15, 0.2) is 0 Å². The Balaban J connectivity index is 1.83. The minimum atomic E-state index is -0.168. The van der Waals surface area contributed by atoms with Gasteiger partial charge in [-0.3, -0.25) is 4.79 Å². The SMILES string of the molecule is CCOCCOc1ccccc1NCC(=O)Nc1cccc(OCCOC)c1. The molecule has 2 N–H and O–H groups in total. The molecular weight excluding hydrogens is 360 g/mol. The summed E-state index contributed by atoms with van der Waals surface area (Å²) in [5.41, 5.74) is 1.42. The number of benzene rings is 2. The molecule has 2 aromatic rings. The molecule has 2 aromatic carbocycles. The minimum Gasteiger partial charge on any atom is -0.491 e. The molecule has 7 heteroatoms. The fourth-order valence-corrected chi connectivity index (χ4v) is 2.38. The van der Waals surface area contributed by atoms with Crippen molar-refractivity contribution in [2.24, 2.45) is 0 Å². The Morgan fingerprint density at radius 3 is 2.61 bits per heavy atom. The van der Waals surface area contributed by atoms with Crippen molar-refractivity contribution in [3.63, 3.8) is 0 Å². The van der Waals surface area contributed by atoms with E-state index in [1.165, 1.54) is 0 Å². The molecule has 0 spiro atoms. The van der Waals surface area contributed by atoms with Crippen LogP contribution in [0.15, 0.2) is 48.5 Å². The second-order valence-electron chi connectivity index (χ2n) is 5.81. The fraction of sp³-hybridized carbons (Fsp3) is 0.381. The Hall–Kier alpha value is -2.77. The van der Waals surface area contributed by atoms with Crippen LogP contribution in [-0.4, -0.2) is 52.6 Å². The Bertz CT molecular complexity index is 723. The Kier molecular flexibility index (Phi) is 9.68. The van der Waals surface area contributed by atoms with Crippen molar-refractivity contribution in [3.05, 3.63) is 48.5 Å². The Morgan fingerprint density at radius 2 is 1.79 bits per heavy atom. The summed E-state index contributed by atoms with van der Waals surface area (Å²) in [6.45, 7) is 4.64. The van der Waals surface area contributed by atoms with Gasteiger partial charge in [-0.1, -0.05) is 18.2 Å². The second kappa shape index (κ2) is 12.6. The van der Waals surface area contributed by atoms with Gasteiger partial charge in [-0.15, -0.1) is 0 Å². The van der Waals surface area contributed by atoms with Crippen LogP contribution in [0.3, 0.4) is 0 Å². The molecule has 0 saturated carbocycles. The van der Waals surface area contributed by atoms with Crippen LogP contribution in [0.2, 0.25) is 0 Å². The van der Waals surface area contributed by atoms with E-state index in [9.17, 15) is 4.79 Å². The molecule has 1 amide bonds. The molecule has 0 aliphatic heterocycles. The van der Waals surface area contributed by atoms with Gasteiger partial charge in [0.2, 0.25) is 5.91 Å². The third-order valence-corrected chi connectivity index (χ3v) is 3.69. The molecule has 0 aliphatic carbocycles. The minimum absolute atomic E-state index is 0.112. The number of carbonyl (C=O) groups is 1. The largest absolute Gasteiger partial charge is 0.491 e. The zero-order chi connectivity index (χ0) is 20.0. The van der Waals surface area contributed by atoms with Crippen LogP contribution < -0.4 is 20.1 Å². The van der Waals surface area contributed by atoms with E-state index >= 15 is 0 Å². The molecular formula is C21H28N2O5. The van der Waals surface area contributed by atoms with Crippen LogP contribution in [0.4, 0.5) is 11.4 Å². The summed E-state index contributed by atoms with van der Waals surface area (Å²) in [6.07, 6.45) is 0. The van der Waals surface area contributed by atoms with Crippen molar-refractivity contribution in [3.8, 4) is 11.5 Å². The fourth-order valence-electron chi connectivity index (χ4n) is 2.38. The number of ether oxygens (including phenoxy) is 4. The number of para-hydroxylation sites is 2. The molecule has 0 heterocycles. The number of hydrogen-bond donors (Lipinski definition) is 2. The zero-order valence-electron chi connectivity index (χ0n) is 16.4. The van der Waals surface area contributed by atoms with E-state index in [0.717, 1.165) is 5.69 Å². The molecule has 0 fully saturated rings. The molecule has 0 aliphatic rings. The zero-order valence-corrected chi connectivity index (χ0v) is 16.4. The van der Waals surface area contributed by atoms with Crippen LogP contribution in [-0.2, 0) is 14.3 Å². The van der Waals surface area contributed by atoms with Crippen LogP contribution >= 0.6 is 0 Å². The van der Waals surface area contributed by atoms with Crippen molar-refractivity contribution < 1.29 is 23.7 Å². The summed E-state index contributed by atoms with van der Waals surface area (Å²) in [5.74, 6) is 1.19. The Morgan fingerprint density at radius 1 is 0.964 bits per heavy atom. The lowest BCUT2D eigenvalue weighted by atomic mass is 10.3. The molecule has 0 atom stereocenters. The van der Waals surface area contributed by atoms with Gasteiger partial charge < -0.3 is 29.6 Å². The van der Waals surface area contributed by atoms with Gasteiger partial charge in [-0.25, -0.2) is 0 Å². The summed E-state index contributed by atoms with van der Waals surface area (Å²) < 4.78 is 21.5. The highest BCUT2D eigenvalue weighted by Crippen LogP contribution is 2.23. The van der Waals surface area contributed by atoms with E-state index < -0.39 is 0 Å². The van der Waals surface area contributed by atoms with Crippen molar-refractivity contribution in [1.82, 2.24) is 0 Å². The van der Waals surface area contributed by atoms with Crippen molar-refractivity contribution >= 4 is 17.3 Å². The van der Waals surface area contributed by atoms with Gasteiger partial charge in [-0.2, -0.15) is 0 Å². The Labute approximate surface area is 165 Å². The summed E-state index contributed by atoms with van der Waals surface area (Å²) in [5, 5.41) is 5.95. The average Bonchev–Trinajstić information content (AvgIpc) is 2.71. The summed E-state index contributed by atoms with van der Waals surface area (Å²) >= 11 is 0. The molecule has 0 aromatic heterocycles. The van der Waals surface area contributed by atoms with Crippen LogP contribution in [0.25, 0.3) is 0 Å². The highest BCUT2D eigenvalue weighted by molar-refractivity contribution is 5.94. The molecule has 7 nitrogen and oxygen atoms in total. The summed E-state index contributed by atoms with van der Waals surface area (Å²) in [6, 6.07) is 14.7. The molecule has 0 saturated heterocycles. The smallest absolute Gasteiger partial charge is 0.243 e. The van der Waals surface area contributed by atoms with Gasteiger partial charge >= 0.3 is 0 Å². The maximum Gasteiger partial charge on any atom is 0.243 e. The number of anilines is 2. The maximum absolute atomic E-state index is 12.3. The van der Waals surface area contributed by atoms with Crippen molar-refractivity contribution in [1.29, 1.82) is 0 Å². The molecule has 0 unspecified atom stereocenters. The topological polar surface area (TPSA) is 78.1 Å². The van der Waals surface area contributed by atoms with E-state index in [0.29, 0.717) is 50.2 Å². The van der Waals surface area contributed by atoms with Crippen LogP contribution in [0, 0.1) is 0 Å². The van der Waals surface area contributed by atoms with Gasteiger partial charge in [0, 0.05) is 25.5 Å². The lowest BCUT2D eigenvalue weighted by Crippen LogP contribution is -2.22. The van der Waals surface area contributed by atoms with E-state index in [-0.39, 0.29) is 12.5 Å². The predicted octanol–water partition coefficient (Wildman–Crippen LogP) is 3.18. The summed E-state index contributed by atoms with van der Waals surface area (Å²) in [7, 11) is 1.62. The number of amides is 1. The molecule has 0 radical (unpaired) electrons. The van der Waals surface area contributed by atoms with Crippen LogP contribution in [0.1, 0.15) is 6.92 Å². The van der Waals surface area contributed by atoms with E-state index in [4.69, 9.17) is 18.9 Å². The monoisotopic (exact) mass is 388 g/mol. The van der Waals surface area contributed by atoms with Crippen molar-refractivity contribution in [2.45, 2.75) is 6.92 Å². The molecule has 152 valence electrons. The van der Waals surface area contributed by atoms with E-state index in [1.807, 2.05) is 49.4 Å². The number of methoxy groups -OCH3 is 1. The maximum atomic E-state index is 12.3. The highest BCUT2D eigenvalue weighted by atomic mass is 16.5. The van der Waals surface area contributed by atoms with Gasteiger partial charge in [0.05, 0.1) is 25.4 Å². The first-order chi connectivity index (χ1) is 13.7. The first-order valence-corrected chi connectivity index (χ1v) is 9.28. The van der Waals surface area contributed by atoms with E-state index in [1.54, 1.807) is 13.2 Å². The number of rotatable bonds is 13. The van der Waals surface area contributed by atoms with Gasteiger partial charge in [0.1, 0.15) is 24.7 Å². The predicted molar refractivity (Wildman–Crippen MR) is 109 cm³/mol. The standard InChI is InChI=1S/C21H28N2O5/c1-3-26-12-14-28-20-10-5-4-9-19(20)22-16-21(24)23-17-7-6-8-18(15-17)27-13-11-25-2/h4-10,15,22H,3,11-14,16H2,1-2H3,(H,23,24). The molecule has 28 heavy (non-hydrogen) atoms. The van der Waals surface area contributed by atoms with E-state index in [2.05, 4.69) is 10.6 Å². The normalized spacial score (nSPS) is 10.4. The number of hydrogen-bond acceptors (Lipinski definition) is 6. The van der Waals surface area contributed by atoms with Gasteiger partial charge in [0.25, 0.3) is 0 Å². The lowest BCUT2D eigenvalue weighted by Gasteiger charge is -2.13. The molecule has 2 rings (SSSR count). The lowest BCUT2D eigenvalue weighted by molar-refractivity contribution is -0.114. The van der Waals surface area contributed by atoms with Crippen molar-refractivity contribution in [2.75, 3.05) is 57.3 Å². The van der Waals surface area contributed by atoms with Gasteiger partial charge in [-0.05, 0) is 31.2 Å². The average molecular weight is 388 g/mol. The first kappa shape index (κ1) is 21.5. The molecule has 0 bridgehead atoms. The second-order valence-corrected chi connectivity index (χ2v) is 5.81. The third kappa shape index (κ3) is 7.85. The quantitative estimate of drug-likeness (QED) is 0.513. The van der Waals surface area contributed by atoms with Crippen LogP contribution in [0.5, 0.6) is 11.5 Å². The summed E-state index contributed by atoms with van der Waals surface area (Å²) in [4.78, 5) is 12.3. The number of nitrogens with one attached hydrogen (secondary N) is 2. The number of carbonyl (C=O) groups excluding carboxylic acids is 1. The first-order valence-electron chi connectivity index (χ1n) is 9.28. The highest BCUT2D eigenvalue weighted by Gasteiger charge is 2.07.